The number of hydrogen-bond acceptors (Lipinski definition) is 3. The third kappa shape index (κ3) is 1.72. The predicted octanol–water partition coefficient (Wildman–Crippen LogP) is 1.16. The zero-order chi connectivity index (χ0) is 11.9. The summed E-state index contributed by atoms with van der Waals surface area (Å²) in [6.07, 6.45) is 2.13. The predicted molar refractivity (Wildman–Crippen MR) is 58.6 cm³/mol. The second-order valence-corrected chi connectivity index (χ2v) is 5.05. The number of nitrogens with one attached hydrogen (secondary N) is 1. The minimum absolute atomic E-state index is 0.0415. The molecule has 2 fully saturated rings. The van der Waals surface area contributed by atoms with Crippen molar-refractivity contribution in [2.75, 3.05) is 0 Å². The Bertz CT molecular complexity index is 363. The lowest BCUT2D eigenvalue weighted by atomic mass is 9.77. The van der Waals surface area contributed by atoms with Gasteiger partial charge in [0.15, 0.2) is 0 Å². The Morgan fingerprint density at radius 3 is 2.94 bits per heavy atom. The quantitative estimate of drug-likeness (QED) is 0.564. The number of hydrogen-bond donors (Lipinski definition) is 1. The zero-order valence-corrected chi connectivity index (χ0v) is 9.71. The molecule has 4 heteroatoms. The van der Waals surface area contributed by atoms with Gasteiger partial charge in [-0.2, -0.15) is 0 Å². The molecule has 1 amide bonds. The van der Waals surface area contributed by atoms with Crippen LogP contribution in [0.5, 0.6) is 0 Å². The van der Waals surface area contributed by atoms with Crippen LogP contribution >= 0.6 is 0 Å². The van der Waals surface area contributed by atoms with Gasteiger partial charge in [0.2, 0.25) is 5.91 Å². The average molecular weight is 223 g/mol. The first kappa shape index (κ1) is 11.2. The fourth-order valence-corrected chi connectivity index (χ4v) is 2.41. The van der Waals surface area contributed by atoms with Crippen LogP contribution in [0, 0.1) is 5.92 Å². The highest BCUT2D eigenvalue weighted by atomic mass is 16.6. The Morgan fingerprint density at radius 2 is 2.31 bits per heavy atom. The molecule has 2 rings (SSSR count). The van der Waals surface area contributed by atoms with Gasteiger partial charge in [-0.1, -0.05) is 6.58 Å². The summed E-state index contributed by atoms with van der Waals surface area (Å²) in [6.45, 7) is 7.22. The van der Waals surface area contributed by atoms with Gasteiger partial charge in [0.25, 0.3) is 0 Å². The van der Waals surface area contributed by atoms with Crippen molar-refractivity contribution in [2.45, 2.75) is 44.8 Å². The summed E-state index contributed by atoms with van der Waals surface area (Å²) in [6, 6.07) is 0. The van der Waals surface area contributed by atoms with Crippen LogP contribution in [0.4, 0.5) is 0 Å². The van der Waals surface area contributed by atoms with Gasteiger partial charge in [0.1, 0.15) is 6.10 Å². The maximum absolute atomic E-state index is 11.6. The number of esters is 1. The number of rotatable bonds is 2. The fraction of sp³-hybridized carbons (Fsp3) is 0.667. The van der Waals surface area contributed by atoms with E-state index in [9.17, 15) is 9.59 Å². The normalized spacial score (nSPS) is 36.8. The molecule has 1 saturated carbocycles. The van der Waals surface area contributed by atoms with Gasteiger partial charge in [-0.15, -0.1) is 0 Å². The van der Waals surface area contributed by atoms with E-state index in [-0.39, 0.29) is 23.9 Å². The van der Waals surface area contributed by atoms with Crippen LogP contribution in [0.25, 0.3) is 0 Å². The maximum Gasteiger partial charge on any atom is 0.309 e. The van der Waals surface area contributed by atoms with Crippen molar-refractivity contribution >= 4 is 11.9 Å². The summed E-state index contributed by atoms with van der Waals surface area (Å²) in [7, 11) is 0. The highest BCUT2D eigenvalue weighted by molar-refractivity contribution is 5.92. The molecule has 16 heavy (non-hydrogen) atoms. The Kier molecular flexibility index (Phi) is 2.52. The topological polar surface area (TPSA) is 55.4 Å². The molecule has 4 nitrogen and oxygen atoms in total. The Morgan fingerprint density at radius 1 is 1.62 bits per heavy atom. The van der Waals surface area contributed by atoms with E-state index in [0.29, 0.717) is 5.57 Å². The second-order valence-electron chi connectivity index (χ2n) is 5.05. The van der Waals surface area contributed by atoms with E-state index >= 15 is 0 Å². The molecule has 0 aromatic carbocycles. The first-order valence-corrected chi connectivity index (χ1v) is 5.61. The van der Waals surface area contributed by atoms with Crippen LogP contribution in [-0.4, -0.2) is 23.5 Å². The van der Waals surface area contributed by atoms with Gasteiger partial charge in [-0.05, 0) is 33.1 Å². The minimum atomic E-state index is -0.432. The molecule has 0 aromatic heterocycles. The standard InChI is InChI=1S/C12H17NO3/c1-7(2)10(14)13-12(3)5-4-8-6-9(12)16-11(8)15/h8-9H,1,4-6H2,2-3H3,(H,13,14). The fourth-order valence-electron chi connectivity index (χ4n) is 2.41. The van der Waals surface area contributed by atoms with E-state index < -0.39 is 5.54 Å². The van der Waals surface area contributed by atoms with Crippen LogP contribution < -0.4 is 5.32 Å². The smallest absolute Gasteiger partial charge is 0.309 e. The molecular weight excluding hydrogens is 206 g/mol. The SMILES string of the molecule is C=C(C)C(=O)NC1(C)CCC2CC1OC2=O. The largest absolute Gasteiger partial charge is 0.460 e. The Hall–Kier alpha value is -1.32. The van der Waals surface area contributed by atoms with Crippen LogP contribution in [0.1, 0.15) is 33.1 Å². The lowest BCUT2D eigenvalue weighted by molar-refractivity contribution is -0.145. The molecule has 0 aromatic rings. The van der Waals surface area contributed by atoms with E-state index in [1.807, 2.05) is 6.92 Å². The second kappa shape index (κ2) is 3.61. The van der Waals surface area contributed by atoms with Gasteiger partial charge in [-0.3, -0.25) is 9.59 Å². The summed E-state index contributed by atoms with van der Waals surface area (Å²) >= 11 is 0. The number of ether oxygens (including phenoxy) is 1. The zero-order valence-electron chi connectivity index (χ0n) is 9.71. The van der Waals surface area contributed by atoms with Crippen molar-refractivity contribution in [1.29, 1.82) is 0 Å². The third-order valence-electron chi connectivity index (χ3n) is 3.60. The summed E-state index contributed by atoms with van der Waals surface area (Å²) < 4.78 is 5.30. The van der Waals surface area contributed by atoms with Gasteiger partial charge in [0.05, 0.1) is 11.5 Å². The van der Waals surface area contributed by atoms with Crippen LogP contribution in [0.15, 0.2) is 12.2 Å². The lowest BCUT2D eigenvalue weighted by Crippen LogP contribution is -2.55. The molecule has 3 atom stereocenters. The lowest BCUT2D eigenvalue weighted by Gasteiger charge is -2.37. The van der Waals surface area contributed by atoms with E-state index in [1.165, 1.54) is 0 Å². The van der Waals surface area contributed by atoms with E-state index in [0.717, 1.165) is 19.3 Å². The molecule has 2 aliphatic rings. The summed E-state index contributed by atoms with van der Waals surface area (Å²) in [5, 5.41) is 2.93. The van der Waals surface area contributed by atoms with Gasteiger partial charge >= 0.3 is 5.97 Å². The monoisotopic (exact) mass is 223 g/mol. The maximum atomic E-state index is 11.6. The van der Waals surface area contributed by atoms with Crippen LogP contribution in [-0.2, 0) is 14.3 Å². The molecule has 2 bridgehead atoms. The summed E-state index contributed by atoms with van der Waals surface area (Å²) in [5.41, 5.74) is 0.0475. The molecule has 0 radical (unpaired) electrons. The Labute approximate surface area is 95.0 Å². The summed E-state index contributed by atoms with van der Waals surface area (Å²) in [4.78, 5) is 23.0. The van der Waals surface area contributed by atoms with Crippen molar-refractivity contribution < 1.29 is 14.3 Å². The van der Waals surface area contributed by atoms with Crippen LogP contribution in [0.2, 0.25) is 0 Å². The number of carbonyl (C=O) groups excluding carboxylic acids is 2. The molecule has 1 saturated heterocycles. The molecule has 88 valence electrons. The number of fused-ring (bicyclic) bond motifs is 2. The number of carbonyl (C=O) groups is 2. The first-order chi connectivity index (χ1) is 7.42. The first-order valence-electron chi connectivity index (χ1n) is 5.61. The molecule has 1 N–H and O–H groups in total. The van der Waals surface area contributed by atoms with Crippen molar-refractivity contribution in [3.8, 4) is 0 Å². The van der Waals surface area contributed by atoms with E-state index in [1.54, 1.807) is 6.92 Å². The van der Waals surface area contributed by atoms with Crippen molar-refractivity contribution in [1.82, 2.24) is 5.32 Å². The number of amides is 1. The molecular formula is C12H17NO3. The highest BCUT2D eigenvalue weighted by Crippen LogP contribution is 2.40. The van der Waals surface area contributed by atoms with Gasteiger partial charge < -0.3 is 10.1 Å². The molecule has 1 aliphatic heterocycles. The summed E-state index contributed by atoms with van der Waals surface area (Å²) in [5.74, 6) is -0.234. The molecule has 0 spiro atoms. The molecule has 1 heterocycles. The van der Waals surface area contributed by atoms with Gasteiger partial charge in [0, 0.05) is 5.57 Å². The van der Waals surface area contributed by atoms with Gasteiger partial charge in [-0.25, -0.2) is 0 Å². The third-order valence-corrected chi connectivity index (χ3v) is 3.60. The molecule has 3 unspecified atom stereocenters. The molecule has 1 aliphatic carbocycles. The van der Waals surface area contributed by atoms with E-state index in [4.69, 9.17) is 4.74 Å². The average Bonchev–Trinajstić information content (AvgIpc) is 2.52. The van der Waals surface area contributed by atoms with Crippen molar-refractivity contribution in [3.05, 3.63) is 12.2 Å². The van der Waals surface area contributed by atoms with E-state index in [2.05, 4.69) is 11.9 Å². The van der Waals surface area contributed by atoms with Crippen molar-refractivity contribution in [2.24, 2.45) is 5.92 Å². The van der Waals surface area contributed by atoms with Crippen LogP contribution in [0.3, 0.4) is 0 Å². The Balaban J connectivity index is 2.11. The highest BCUT2D eigenvalue weighted by Gasteiger charge is 2.50. The minimum Gasteiger partial charge on any atom is -0.460 e. The van der Waals surface area contributed by atoms with Crippen molar-refractivity contribution in [3.63, 3.8) is 0 Å².